The molecule has 10 nitrogen and oxygen atoms in total. The van der Waals surface area contributed by atoms with Crippen molar-refractivity contribution in [3.63, 3.8) is 0 Å². The molecule has 0 radical (unpaired) electrons. The normalized spacial score (nSPS) is 29.5. The summed E-state index contributed by atoms with van der Waals surface area (Å²) < 4.78 is 48.5. The van der Waals surface area contributed by atoms with E-state index < -0.39 is 17.7 Å². The fourth-order valence-electron chi connectivity index (χ4n) is 7.39. The van der Waals surface area contributed by atoms with Crippen LogP contribution < -0.4 is 5.32 Å². The number of alkyl halides is 3. The largest absolute Gasteiger partial charge is 0.490 e. The third kappa shape index (κ3) is 5.65. The zero-order chi connectivity index (χ0) is 30.4. The van der Waals surface area contributed by atoms with Crippen molar-refractivity contribution >= 4 is 17.8 Å². The van der Waals surface area contributed by atoms with Crippen LogP contribution in [0.3, 0.4) is 0 Å². The van der Waals surface area contributed by atoms with Gasteiger partial charge in [0.05, 0.1) is 18.8 Å². The Hall–Kier alpha value is -3.42. The van der Waals surface area contributed by atoms with Gasteiger partial charge in [0, 0.05) is 50.3 Å². The monoisotopic (exact) mass is 605 g/mol. The number of carboxylic acid groups (broad SMARTS) is 1. The fraction of sp³-hybridized carbons (Fsp3) is 0.567. The number of likely N-dealkylation sites (tertiary alicyclic amines) is 2. The molecule has 1 saturated carbocycles. The number of furan rings is 1. The van der Waals surface area contributed by atoms with Gasteiger partial charge in [0.25, 0.3) is 5.91 Å². The number of amides is 2. The highest BCUT2D eigenvalue weighted by atomic mass is 19.4. The Labute approximate surface area is 246 Å². The van der Waals surface area contributed by atoms with E-state index in [1.165, 1.54) is 0 Å². The second-order valence-corrected chi connectivity index (χ2v) is 12.3. The van der Waals surface area contributed by atoms with E-state index >= 15 is 0 Å². The van der Waals surface area contributed by atoms with Crippen molar-refractivity contribution in [2.45, 2.75) is 50.7 Å². The van der Waals surface area contributed by atoms with Gasteiger partial charge in [-0.3, -0.25) is 14.5 Å². The minimum Gasteiger partial charge on any atom is -0.475 e. The van der Waals surface area contributed by atoms with Gasteiger partial charge in [-0.05, 0) is 36.7 Å². The summed E-state index contributed by atoms with van der Waals surface area (Å²) in [5, 5.41) is 10.4. The quantitative estimate of drug-likeness (QED) is 0.533. The third-order valence-electron chi connectivity index (χ3n) is 9.55. The van der Waals surface area contributed by atoms with Crippen LogP contribution in [0, 0.1) is 17.3 Å². The van der Waals surface area contributed by atoms with E-state index in [0.717, 1.165) is 75.5 Å². The van der Waals surface area contributed by atoms with E-state index in [9.17, 15) is 22.8 Å². The lowest BCUT2D eigenvalue weighted by Gasteiger charge is -2.57. The molecule has 2 atom stereocenters. The number of nitrogens with zero attached hydrogens (tertiary/aromatic N) is 2. The van der Waals surface area contributed by atoms with Gasteiger partial charge in [-0.2, -0.15) is 13.2 Å². The van der Waals surface area contributed by atoms with Crippen molar-refractivity contribution in [3.05, 3.63) is 59.0 Å². The van der Waals surface area contributed by atoms with Gasteiger partial charge in [-0.15, -0.1) is 0 Å². The first-order valence-corrected chi connectivity index (χ1v) is 14.4. The summed E-state index contributed by atoms with van der Waals surface area (Å²) in [6.07, 6.45) is -0.713. The van der Waals surface area contributed by atoms with Crippen molar-refractivity contribution in [2.24, 2.45) is 17.3 Å². The molecule has 4 aliphatic heterocycles. The molecule has 0 bridgehead atoms. The number of ether oxygens (including phenoxy) is 2. The van der Waals surface area contributed by atoms with Crippen molar-refractivity contribution in [2.75, 3.05) is 39.4 Å². The highest BCUT2D eigenvalue weighted by Crippen LogP contribution is 2.57. The van der Waals surface area contributed by atoms with Crippen molar-refractivity contribution < 1.29 is 46.6 Å². The number of carbonyl (C=O) groups is 3. The van der Waals surface area contributed by atoms with Crippen LogP contribution in [0.25, 0.3) is 0 Å². The summed E-state index contributed by atoms with van der Waals surface area (Å²) in [6.45, 7) is 6.19. The summed E-state index contributed by atoms with van der Waals surface area (Å²) in [6, 6.07) is 10.1. The van der Waals surface area contributed by atoms with E-state index in [4.69, 9.17) is 23.8 Å². The van der Waals surface area contributed by atoms with E-state index in [-0.39, 0.29) is 17.2 Å². The number of hydrogen-bond donors (Lipinski definition) is 2. The van der Waals surface area contributed by atoms with E-state index in [2.05, 4.69) is 10.2 Å². The molecule has 7 rings (SSSR count). The fourth-order valence-corrected chi connectivity index (χ4v) is 7.39. The number of benzene rings is 1. The maximum Gasteiger partial charge on any atom is 0.490 e. The zero-order valence-corrected chi connectivity index (χ0v) is 23.5. The Kier molecular flexibility index (Phi) is 7.76. The molecule has 1 spiro atoms. The topological polar surface area (TPSA) is 122 Å². The minimum atomic E-state index is -5.08. The minimum absolute atomic E-state index is 0.0486. The Balaban J connectivity index is 0.000000423. The van der Waals surface area contributed by atoms with Crippen LogP contribution >= 0.6 is 0 Å². The number of nitrogens with one attached hydrogen (secondary N) is 1. The molecular weight excluding hydrogens is 571 g/mol. The number of fused-ring (bicyclic) bond motifs is 2. The summed E-state index contributed by atoms with van der Waals surface area (Å²) in [5.74, 6) is -1.01. The molecule has 43 heavy (non-hydrogen) atoms. The Morgan fingerprint density at radius 2 is 1.67 bits per heavy atom. The molecule has 5 aliphatic rings. The second-order valence-electron chi connectivity index (χ2n) is 12.3. The van der Waals surface area contributed by atoms with E-state index in [1.54, 1.807) is 6.26 Å². The van der Waals surface area contributed by atoms with Gasteiger partial charge in [0.15, 0.2) is 0 Å². The van der Waals surface area contributed by atoms with Crippen LogP contribution in [0.4, 0.5) is 13.2 Å². The Morgan fingerprint density at radius 3 is 2.28 bits per heavy atom. The molecule has 4 fully saturated rings. The summed E-state index contributed by atoms with van der Waals surface area (Å²) in [7, 11) is 0. The van der Waals surface area contributed by atoms with Crippen molar-refractivity contribution in [3.8, 4) is 0 Å². The van der Waals surface area contributed by atoms with Gasteiger partial charge in [0.1, 0.15) is 24.2 Å². The van der Waals surface area contributed by atoms with Gasteiger partial charge in [-0.1, -0.05) is 30.3 Å². The van der Waals surface area contributed by atoms with Crippen LogP contribution in [0.5, 0.6) is 0 Å². The lowest BCUT2D eigenvalue weighted by atomic mass is 9.55. The predicted octanol–water partition coefficient (Wildman–Crippen LogP) is 3.20. The number of hydrogen-bond acceptors (Lipinski definition) is 7. The summed E-state index contributed by atoms with van der Waals surface area (Å²) in [5.41, 5.74) is 2.35. The summed E-state index contributed by atoms with van der Waals surface area (Å²) in [4.78, 5) is 40.3. The van der Waals surface area contributed by atoms with E-state index in [0.29, 0.717) is 37.2 Å². The second kappa shape index (κ2) is 11.3. The third-order valence-corrected chi connectivity index (χ3v) is 9.55. The highest BCUT2D eigenvalue weighted by molar-refractivity contribution is 5.96. The predicted molar refractivity (Wildman–Crippen MR) is 143 cm³/mol. The molecule has 2 aromatic rings. The van der Waals surface area contributed by atoms with Crippen LogP contribution in [0.2, 0.25) is 0 Å². The molecule has 1 aromatic heterocycles. The average Bonchev–Trinajstić information content (AvgIpc) is 3.76. The first kappa shape index (κ1) is 29.6. The molecule has 1 aromatic carbocycles. The van der Waals surface area contributed by atoms with Crippen LogP contribution in [-0.4, -0.2) is 83.8 Å². The van der Waals surface area contributed by atoms with Crippen LogP contribution in [0.1, 0.15) is 46.5 Å². The number of aliphatic carboxylic acids is 1. The molecule has 2 N–H and O–H groups in total. The number of carboxylic acids is 1. The lowest BCUT2D eigenvalue weighted by Crippen LogP contribution is -2.69. The molecule has 13 heteroatoms. The molecule has 1 aliphatic carbocycles. The molecule has 2 unspecified atom stereocenters. The van der Waals surface area contributed by atoms with Crippen molar-refractivity contribution in [1.82, 2.24) is 15.1 Å². The van der Waals surface area contributed by atoms with Gasteiger partial charge < -0.3 is 29.2 Å². The maximum absolute atomic E-state index is 13.7. The highest BCUT2D eigenvalue weighted by Gasteiger charge is 2.64. The molecule has 3 saturated heterocycles. The Bertz CT molecular complexity index is 1350. The lowest BCUT2D eigenvalue weighted by molar-refractivity contribution is -0.192. The van der Waals surface area contributed by atoms with Crippen LogP contribution in [-0.2, 0) is 38.8 Å². The van der Waals surface area contributed by atoms with E-state index in [1.807, 2.05) is 35.2 Å². The van der Waals surface area contributed by atoms with Gasteiger partial charge >= 0.3 is 12.1 Å². The SMILES string of the molecule is O=C(O)C(F)(F)F.O=C(c1coc2c1COC2)N1CC2CN(C3(C(=O)NCc4ccccc4)CC4(CCOC4)C3)CC2C1. The first-order valence-electron chi connectivity index (χ1n) is 14.4. The molecular formula is C30H34F3N3O7. The molecule has 2 amide bonds. The molecule has 5 heterocycles. The molecule has 232 valence electrons. The number of rotatable bonds is 5. The smallest absolute Gasteiger partial charge is 0.475 e. The average molecular weight is 606 g/mol. The zero-order valence-electron chi connectivity index (χ0n) is 23.5. The summed E-state index contributed by atoms with van der Waals surface area (Å²) >= 11 is 0. The Morgan fingerprint density at radius 1 is 1.00 bits per heavy atom. The van der Waals surface area contributed by atoms with Crippen molar-refractivity contribution in [1.29, 1.82) is 0 Å². The van der Waals surface area contributed by atoms with Crippen LogP contribution in [0.15, 0.2) is 41.0 Å². The first-order chi connectivity index (χ1) is 20.5. The number of halogens is 3. The maximum atomic E-state index is 13.7. The standard InChI is InChI=1S/C28H33N3O5.C2HF3O2/c32-25(23-14-36-24-15-35-13-22(23)24)30-9-20-11-31(12-21(20)10-30)28(16-27(17-28)6-7-34-18-27)26(33)29-8-19-4-2-1-3-5-19;3-2(4,5)1(6)7/h1-5,14,20-21H,6-13,15-18H2,(H,29,33);(H,6,7). The van der Waals surface area contributed by atoms with Gasteiger partial charge in [0.2, 0.25) is 5.91 Å². The van der Waals surface area contributed by atoms with Gasteiger partial charge in [-0.25, -0.2) is 4.79 Å². The number of carbonyl (C=O) groups excluding carboxylic acids is 2.